The van der Waals surface area contributed by atoms with E-state index in [1.165, 1.54) is 4.90 Å². The number of carbonyl (C=O) groups excluding carboxylic acids is 2. The molecule has 1 aliphatic heterocycles. The fourth-order valence-electron chi connectivity index (χ4n) is 2.77. The van der Waals surface area contributed by atoms with Crippen molar-refractivity contribution < 1.29 is 14.3 Å². The second kappa shape index (κ2) is 7.00. The summed E-state index contributed by atoms with van der Waals surface area (Å²) in [6.07, 6.45) is 0.889. The van der Waals surface area contributed by atoms with Gasteiger partial charge in [0.15, 0.2) is 6.10 Å². The summed E-state index contributed by atoms with van der Waals surface area (Å²) in [6.45, 7) is 6.01. The van der Waals surface area contributed by atoms with Gasteiger partial charge >= 0.3 is 0 Å². The molecule has 1 unspecified atom stereocenters. The standard InChI is InChI=1S/C17H25N3O3/c1-4-17(5-2,11-18)19-15(21)10-20-13-8-6-7-9-14(13)23-12(3)16(20)22/h6-9,12H,4-5,10-11,18H2,1-3H3,(H,19,21). The van der Waals surface area contributed by atoms with Crippen molar-refractivity contribution in [1.82, 2.24) is 5.32 Å². The number of nitrogens with zero attached hydrogens (tertiary/aromatic N) is 1. The zero-order chi connectivity index (χ0) is 17.0. The van der Waals surface area contributed by atoms with Crippen molar-refractivity contribution in [2.75, 3.05) is 18.0 Å². The Balaban J connectivity index is 2.18. The summed E-state index contributed by atoms with van der Waals surface area (Å²) in [4.78, 5) is 26.3. The summed E-state index contributed by atoms with van der Waals surface area (Å²) in [6, 6.07) is 7.24. The molecule has 1 atom stereocenters. The van der Waals surface area contributed by atoms with E-state index in [2.05, 4.69) is 5.32 Å². The lowest BCUT2D eigenvalue weighted by atomic mass is 9.93. The maximum absolute atomic E-state index is 12.5. The highest BCUT2D eigenvalue weighted by Gasteiger charge is 2.34. The Hall–Kier alpha value is -2.08. The van der Waals surface area contributed by atoms with Gasteiger partial charge in [-0.05, 0) is 31.9 Å². The number of fused-ring (bicyclic) bond motifs is 1. The minimum absolute atomic E-state index is 0.0364. The molecule has 1 heterocycles. The third kappa shape index (κ3) is 3.47. The average Bonchev–Trinajstić information content (AvgIpc) is 2.57. The number of nitrogens with two attached hydrogens (primary N) is 1. The van der Waals surface area contributed by atoms with E-state index >= 15 is 0 Å². The highest BCUT2D eigenvalue weighted by atomic mass is 16.5. The lowest BCUT2D eigenvalue weighted by molar-refractivity contribution is -0.128. The number of para-hydroxylation sites is 2. The maximum Gasteiger partial charge on any atom is 0.268 e. The molecule has 3 N–H and O–H groups in total. The molecule has 1 aromatic rings. The lowest BCUT2D eigenvalue weighted by Crippen LogP contribution is -2.56. The average molecular weight is 319 g/mol. The Kier molecular flexibility index (Phi) is 5.26. The first-order chi connectivity index (χ1) is 11.0. The van der Waals surface area contributed by atoms with Crippen LogP contribution < -0.4 is 20.7 Å². The Morgan fingerprint density at radius 2 is 2.00 bits per heavy atom. The van der Waals surface area contributed by atoms with Gasteiger partial charge in [-0.1, -0.05) is 26.0 Å². The molecule has 2 rings (SSSR count). The Morgan fingerprint density at radius 3 is 2.61 bits per heavy atom. The van der Waals surface area contributed by atoms with Crippen LogP contribution in [0.15, 0.2) is 24.3 Å². The normalized spacial score (nSPS) is 17.5. The van der Waals surface area contributed by atoms with Crippen LogP contribution in [0.1, 0.15) is 33.6 Å². The first-order valence-electron chi connectivity index (χ1n) is 8.04. The number of ether oxygens (including phenoxy) is 1. The fraction of sp³-hybridized carbons (Fsp3) is 0.529. The van der Waals surface area contributed by atoms with E-state index in [4.69, 9.17) is 10.5 Å². The van der Waals surface area contributed by atoms with Gasteiger partial charge in [-0.2, -0.15) is 0 Å². The van der Waals surface area contributed by atoms with Crippen molar-refractivity contribution in [3.63, 3.8) is 0 Å². The highest BCUT2D eigenvalue weighted by molar-refractivity contribution is 6.03. The van der Waals surface area contributed by atoms with Crippen LogP contribution in [-0.2, 0) is 9.59 Å². The van der Waals surface area contributed by atoms with Crippen molar-refractivity contribution in [3.05, 3.63) is 24.3 Å². The van der Waals surface area contributed by atoms with Crippen LogP contribution in [0.25, 0.3) is 0 Å². The number of rotatable bonds is 6. The summed E-state index contributed by atoms with van der Waals surface area (Å²) in [5, 5.41) is 2.99. The summed E-state index contributed by atoms with van der Waals surface area (Å²) in [5.74, 6) is 0.185. The first kappa shape index (κ1) is 17.3. The summed E-state index contributed by atoms with van der Waals surface area (Å²) < 4.78 is 5.58. The zero-order valence-corrected chi connectivity index (χ0v) is 14.0. The largest absolute Gasteiger partial charge is 0.479 e. The molecule has 6 heteroatoms. The number of amides is 2. The minimum Gasteiger partial charge on any atom is -0.479 e. The maximum atomic E-state index is 12.5. The first-order valence-corrected chi connectivity index (χ1v) is 8.04. The van der Waals surface area contributed by atoms with Crippen LogP contribution in [0, 0.1) is 0 Å². The molecule has 0 spiro atoms. The topological polar surface area (TPSA) is 84.7 Å². The van der Waals surface area contributed by atoms with E-state index in [1.54, 1.807) is 19.1 Å². The summed E-state index contributed by atoms with van der Waals surface area (Å²) >= 11 is 0. The molecule has 0 aromatic heterocycles. The number of carbonyl (C=O) groups is 2. The monoisotopic (exact) mass is 319 g/mol. The van der Waals surface area contributed by atoms with E-state index < -0.39 is 11.6 Å². The fourth-order valence-corrected chi connectivity index (χ4v) is 2.77. The van der Waals surface area contributed by atoms with Crippen molar-refractivity contribution in [1.29, 1.82) is 0 Å². The Labute approximate surface area is 137 Å². The third-order valence-corrected chi connectivity index (χ3v) is 4.52. The molecule has 0 fully saturated rings. The van der Waals surface area contributed by atoms with Gasteiger partial charge in [-0.25, -0.2) is 0 Å². The molecule has 0 aliphatic carbocycles. The Morgan fingerprint density at radius 1 is 1.35 bits per heavy atom. The number of hydrogen-bond acceptors (Lipinski definition) is 4. The Bertz CT molecular complexity index is 576. The molecule has 0 saturated heterocycles. The lowest BCUT2D eigenvalue weighted by Gasteiger charge is -2.35. The molecule has 0 saturated carbocycles. The molecular weight excluding hydrogens is 294 g/mol. The van der Waals surface area contributed by atoms with Gasteiger partial charge in [0.1, 0.15) is 12.3 Å². The van der Waals surface area contributed by atoms with Crippen LogP contribution in [-0.4, -0.2) is 36.5 Å². The zero-order valence-electron chi connectivity index (χ0n) is 14.0. The smallest absolute Gasteiger partial charge is 0.268 e. The number of hydrogen-bond donors (Lipinski definition) is 2. The minimum atomic E-state index is -0.602. The van der Waals surface area contributed by atoms with Crippen molar-refractivity contribution in [2.45, 2.75) is 45.3 Å². The predicted octanol–water partition coefficient (Wildman–Crippen LogP) is 1.43. The molecule has 1 aromatic carbocycles. The van der Waals surface area contributed by atoms with Crippen molar-refractivity contribution >= 4 is 17.5 Å². The van der Waals surface area contributed by atoms with E-state index in [-0.39, 0.29) is 18.4 Å². The highest BCUT2D eigenvalue weighted by Crippen LogP contribution is 2.33. The molecule has 0 bridgehead atoms. The van der Waals surface area contributed by atoms with Crippen molar-refractivity contribution in [2.24, 2.45) is 5.73 Å². The van der Waals surface area contributed by atoms with Crippen LogP contribution in [0.2, 0.25) is 0 Å². The van der Waals surface area contributed by atoms with Crippen LogP contribution in [0.5, 0.6) is 5.75 Å². The van der Waals surface area contributed by atoms with Gasteiger partial charge in [0.2, 0.25) is 5.91 Å². The molecule has 0 radical (unpaired) electrons. The van der Waals surface area contributed by atoms with Gasteiger partial charge < -0.3 is 15.8 Å². The van der Waals surface area contributed by atoms with Gasteiger partial charge in [0.25, 0.3) is 5.91 Å². The third-order valence-electron chi connectivity index (χ3n) is 4.52. The van der Waals surface area contributed by atoms with E-state index in [0.29, 0.717) is 18.0 Å². The van der Waals surface area contributed by atoms with Crippen LogP contribution in [0.4, 0.5) is 5.69 Å². The van der Waals surface area contributed by atoms with Gasteiger partial charge in [0.05, 0.1) is 11.2 Å². The van der Waals surface area contributed by atoms with Gasteiger partial charge in [-0.3, -0.25) is 14.5 Å². The molecule has 126 valence electrons. The second-order valence-electron chi connectivity index (χ2n) is 5.89. The summed E-state index contributed by atoms with van der Waals surface area (Å²) in [5.41, 5.74) is 6.02. The van der Waals surface area contributed by atoms with Gasteiger partial charge in [-0.15, -0.1) is 0 Å². The molecule has 1 aliphatic rings. The summed E-state index contributed by atoms with van der Waals surface area (Å²) in [7, 11) is 0. The number of benzene rings is 1. The molecule has 6 nitrogen and oxygen atoms in total. The van der Waals surface area contributed by atoms with Crippen molar-refractivity contribution in [3.8, 4) is 5.75 Å². The number of nitrogens with one attached hydrogen (secondary N) is 1. The number of anilines is 1. The second-order valence-corrected chi connectivity index (χ2v) is 5.89. The quantitative estimate of drug-likeness (QED) is 0.831. The molecule has 23 heavy (non-hydrogen) atoms. The molecular formula is C17H25N3O3. The SMILES string of the molecule is CCC(CC)(CN)NC(=O)CN1C(=O)C(C)Oc2ccccc21. The molecule has 2 amide bonds. The van der Waals surface area contributed by atoms with Crippen LogP contribution >= 0.6 is 0 Å². The van der Waals surface area contributed by atoms with E-state index in [1.807, 2.05) is 26.0 Å². The predicted molar refractivity (Wildman–Crippen MR) is 89.4 cm³/mol. The van der Waals surface area contributed by atoms with E-state index in [9.17, 15) is 9.59 Å². The van der Waals surface area contributed by atoms with E-state index in [0.717, 1.165) is 12.8 Å². The van der Waals surface area contributed by atoms with Gasteiger partial charge in [0, 0.05) is 6.54 Å². The van der Waals surface area contributed by atoms with Crippen LogP contribution in [0.3, 0.4) is 0 Å².